The van der Waals surface area contributed by atoms with Gasteiger partial charge in [0.05, 0.1) is 23.7 Å². The molecule has 4 nitrogen and oxygen atoms in total. The lowest BCUT2D eigenvalue weighted by molar-refractivity contribution is 0.140. The van der Waals surface area contributed by atoms with Crippen LogP contribution in [0.2, 0.25) is 0 Å². The first-order chi connectivity index (χ1) is 5.08. The summed E-state index contributed by atoms with van der Waals surface area (Å²) in [6.07, 6.45) is -0.650. The smallest absolute Gasteiger partial charge is 0.154 e. The Kier molecular flexibility index (Phi) is 1.49. The summed E-state index contributed by atoms with van der Waals surface area (Å²) in [5, 5.41) is 9.31. The largest absolute Gasteiger partial charge is 0.390 e. The maximum atomic E-state index is 11.0. The molecular weight excluding hydrogens is 166 g/mol. The molecule has 0 aliphatic carbocycles. The van der Waals surface area contributed by atoms with Crippen LogP contribution in [0.3, 0.4) is 0 Å². The highest BCUT2D eigenvalue weighted by Gasteiger charge is 2.43. The Morgan fingerprint density at radius 1 is 1.27 bits per heavy atom. The molecule has 0 amide bonds. The number of hydrogen-bond donors (Lipinski definition) is 1. The SMILES string of the molecule is O=S1(=O)C[C@H](O)[C@@H](N2CC2)C1. The van der Waals surface area contributed by atoms with Gasteiger partial charge in [-0.25, -0.2) is 8.42 Å². The predicted molar refractivity (Wildman–Crippen MR) is 40.0 cm³/mol. The van der Waals surface area contributed by atoms with Gasteiger partial charge < -0.3 is 5.11 Å². The van der Waals surface area contributed by atoms with Crippen molar-refractivity contribution in [2.75, 3.05) is 24.6 Å². The van der Waals surface area contributed by atoms with E-state index in [4.69, 9.17) is 0 Å². The van der Waals surface area contributed by atoms with E-state index in [0.29, 0.717) is 0 Å². The van der Waals surface area contributed by atoms with Crippen molar-refractivity contribution in [2.45, 2.75) is 12.1 Å². The van der Waals surface area contributed by atoms with Crippen molar-refractivity contribution in [1.29, 1.82) is 0 Å². The van der Waals surface area contributed by atoms with Crippen molar-refractivity contribution < 1.29 is 13.5 Å². The van der Waals surface area contributed by atoms with Gasteiger partial charge in [-0.05, 0) is 0 Å². The summed E-state index contributed by atoms with van der Waals surface area (Å²) in [7, 11) is -2.94. The standard InChI is InChI=1S/C6H11NO3S/c8-6-4-11(9,10)3-5(6)7-1-2-7/h5-6,8H,1-4H2/t5-,6-/m0/s1. The van der Waals surface area contributed by atoms with E-state index in [1.807, 2.05) is 4.90 Å². The molecule has 0 aromatic rings. The van der Waals surface area contributed by atoms with Gasteiger partial charge in [-0.1, -0.05) is 0 Å². The van der Waals surface area contributed by atoms with E-state index in [1.54, 1.807) is 0 Å². The number of sulfone groups is 1. The average Bonchev–Trinajstić information content (AvgIpc) is 2.59. The van der Waals surface area contributed by atoms with Crippen LogP contribution in [0.15, 0.2) is 0 Å². The number of nitrogens with zero attached hydrogens (tertiary/aromatic N) is 1. The van der Waals surface area contributed by atoms with Crippen LogP contribution in [0.1, 0.15) is 0 Å². The van der Waals surface area contributed by atoms with Crippen molar-refractivity contribution in [3.8, 4) is 0 Å². The molecule has 2 rings (SSSR count). The monoisotopic (exact) mass is 177 g/mol. The van der Waals surface area contributed by atoms with Crippen molar-refractivity contribution >= 4 is 9.84 Å². The lowest BCUT2D eigenvalue weighted by Crippen LogP contribution is -2.31. The summed E-state index contributed by atoms with van der Waals surface area (Å²) in [4.78, 5) is 2.00. The Balaban J connectivity index is 2.13. The van der Waals surface area contributed by atoms with Gasteiger partial charge in [-0.2, -0.15) is 0 Å². The summed E-state index contributed by atoms with van der Waals surface area (Å²) in [6.45, 7) is 1.88. The second-order valence-corrected chi connectivity index (χ2v) is 5.40. The van der Waals surface area contributed by atoms with Gasteiger partial charge >= 0.3 is 0 Å². The third-order valence-electron chi connectivity index (χ3n) is 2.24. The van der Waals surface area contributed by atoms with Crippen LogP contribution in [-0.4, -0.2) is 55.2 Å². The molecule has 2 fully saturated rings. The molecule has 2 aliphatic rings. The number of aliphatic hydroxyl groups is 1. The summed E-state index contributed by atoms with van der Waals surface area (Å²) in [6, 6.07) is -0.111. The van der Waals surface area contributed by atoms with Crippen molar-refractivity contribution in [3.63, 3.8) is 0 Å². The minimum atomic E-state index is -2.94. The quantitative estimate of drug-likeness (QED) is 0.493. The zero-order chi connectivity index (χ0) is 8.06. The molecule has 0 aromatic heterocycles. The first-order valence-corrected chi connectivity index (χ1v) is 5.53. The van der Waals surface area contributed by atoms with Crippen LogP contribution >= 0.6 is 0 Å². The molecule has 64 valence electrons. The molecular formula is C6H11NO3S. The Bertz CT molecular complexity index is 257. The summed E-state index contributed by atoms with van der Waals surface area (Å²) >= 11 is 0. The Hall–Kier alpha value is -0.130. The van der Waals surface area contributed by atoms with E-state index >= 15 is 0 Å². The zero-order valence-corrected chi connectivity index (χ0v) is 6.92. The normalized spacial score (nSPS) is 42.6. The van der Waals surface area contributed by atoms with E-state index < -0.39 is 15.9 Å². The lowest BCUT2D eigenvalue weighted by atomic mass is 10.2. The molecule has 2 saturated heterocycles. The Morgan fingerprint density at radius 3 is 2.27 bits per heavy atom. The summed E-state index contributed by atoms with van der Waals surface area (Å²) in [5.41, 5.74) is 0. The van der Waals surface area contributed by atoms with Crippen LogP contribution in [0.5, 0.6) is 0 Å². The molecule has 0 aromatic carbocycles. The van der Waals surface area contributed by atoms with Gasteiger partial charge in [-0.15, -0.1) is 0 Å². The van der Waals surface area contributed by atoms with Crippen LogP contribution in [0, 0.1) is 0 Å². The van der Waals surface area contributed by atoms with Crippen molar-refractivity contribution in [3.05, 3.63) is 0 Å². The lowest BCUT2D eigenvalue weighted by Gasteiger charge is -2.12. The van der Waals surface area contributed by atoms with Crippen LogP contribution in [0.25, 0.3) is 0 Å². The average molecular weight is 177 g/mol. The minimum absolute atomic E-state index is 0.0475. The number of rotatable bonds is 1. The molecule has 5 heteroatoms. The van der Waals surface area contributed by atoms with Crippen LogP contribution in [0.4, 0.5) is 0 Å². The van der Waals surface area contributed by atoms with Gasteiger partial charge in [0.2, 0.25) is 0 Å². The van der Waals surface area contributed by atoms with Gasteiger partial charge in [0.25, 0.3) is 0 Å². The summed E-state index contributed by atoms with van der Waals surface area (Å²) < 4.78 is 22.0. The van der Waals surface area contributed by atoms with Crippen LogP contribution in [-0.2, 0) is 9.84 Å². The topological polar surface area (TPSA) is 57.4 Å². The maximum Gasteiger partial charge on any atom is 0.154 e. The fraction of sp³-hybridized carbons (Fsp3) is 1.00. The third-order valence-corrected chi connectivity index (χ3v) is 3.94. The molecule has 11 heavy (non-hydrogen) atoms. The van der Waals surface area contributed by atoms with E-state index in [2.05, 4.69) is 0 Å². The second-order valence-electron chi connectivity index (χ2n) is 3.25. The molecule has 1 N–H and O–H groups in total. The maximum absolute atomic E-state index is 11.0. The van der Waals surface area contributed by atoms with E-state index in [9.17, 15) is 13.5 Å². The van der Waals surface area contributed by atoms with Gasteiger partial charge in [0, 0.05) is 13.1 Å². The Morgan fingerprint density at radius 2 is 1.91 bits per heavy atom. The fourth-order valence-corrected chi connectivity index (χ4v) is 3.38. The molecule has 2 heterocycles. The van der Waals surface area contributed by atoms with E-state index in [1.165, 1.54) is 0 Å². The van der Waals surface area contributed by atoms with Crippen molar-refractivity contribution in [2.24, 2.45) is 0 Å². The van der Waals surface area contributed by atoms with E-state index in [0.717, 1.165) is 13.1 Å². The molecule has 2 atom stereocenters. The highest BCUT2D eigenvalue weighted by Crippen LogP contribution is 2.22. The summed E-state index contributed by atoms with van der Waals surface area (Å²) in [5.74, 6) is 0.0995. The molecule has 0 radical (unpaired) electrons. The Labute approximate surface area is 65.7 Å². The first-order valence-electron chi connectivity index (χ1n) is 3.71. The molecule has 0 saturated carbocycles. The van der Waals surface area contributed by atoms with Crippen LogP contribution < -0.4 is 0 Å². The molecule has 0 unspecified atom stereocenters. The fourth-order valence-electron chi connectivity index (χ4n) is 1.55. The minimum Gasteiger partial charge on any atom is -0.390 e. The molecule has 0 bridgehead atoms. The second kappa shape index (κ2) is 2.18. The number of hydrogen-bond acceptors (Lipinski definition) is 4. The predicted octanol–water partition coefficient (Wildman–Crippen LogP) is -1.54. The van der Waals surface area contributed by atoms with E-state index in [-0.39, 0.29) is 17.5 Å². The number of aliphatic hydroxyl groups excluding tert-OH is 1. The van der Waals surface area contributed by atoms with Gasteiger partial charge in [0.15, 0.2) is 9.84 Å². The molecule has 0 spiro atoms. The van der Waals surface area contributed by atoms with Gasteiger partial charge in [-0.3, -0.25) is 4.90 Å². The zero-order valence-electron chi connectivity index (χ0n) is 6.10. The third kappa shape index (κ3) is 1.40. The highest BCUT2D eigenvalue weighted by atomic mass is 32.2. The first kappa shape index (κ1) is 7.52. The molecule has 2 aliphatic heterocycles. The van der Waals surface area contributed by atoms with Gasteiger partial charge in [0.1, 0.15) is 0 Å². The highest BCUT2D eigenvalue weighted by molar-refractivity contribution is 7.91. The van der Waals surface area contributed by atoms with Crippen molar-refractivity contribution in [1.82, 2.24) is 4.90 Å².